The fraction of sp³-hybridized carbons (Fsp3) is 0.714. The molecule has 2 rings (SSSR count). The van der Waals surface area contributed by atoms with Crippen molar-refractivity contribution in [1.29, 1.82) is 0 Å². The molecule has 1 aliphatic rings. The zero-order chi connectivity index (χ0) is 17.0. The molecule has 0 saturated heterocycles. The molecule has 1 aromatic heterocycles. The molecular weight excluding hydrogens is 315 g/mol. The van der Waals surface area contributed by atoms with Crippen LogP contribution in [0.4, 0.5) is 19.0 Å². The number of fused-ring (bicyclic) bond motifs is 1. The number of aryl methyl sites for hydroxylation is 1. The number of aromatic amines is 1. The van der Waals surface area contributed by atoms with Gasteiger partial charge in [-0.05, 0) is 26.7 Å². The summed E-state index contributed by atoms with van der Waals surface area (Å²) in [4.78, 5) is 21.4. The third kappa shape index (κ3) is 4.60. The molecule has 1 unspecified atom stereocenters. The van der Waals surface area contributed by atoms with Crippen LogP contribution < -0.4 is 4.90 Å². The molecule has 0 amide bonds. The van der Waals surface area contributed by atoms with Gasteiger partial charge in [0.15, 0.2) is 5.82 Å². The zero-order valence-corrected chi connectivity index (χ0v) is 13.0. The number of H-pyrrole nitrogens is 1. The Labute approximate surface area is 132 Å². The van der Waals surface area contributed by atoms with Crippen LogP contribution >= 0.6 is 0 Å². The fourth-order valence-corrected chi connectivity index (χ4v) is 2.61. The number of carbonyl (C=O) groups excluding carboxylic acids is 1. The van der Waals surface area contributed by atoms with E-state index in [2.05, 4.69) is 14.7 Å². The summed E-state index contributed by atoms with van der Waals surface area (Å²) in [5.74, 6) is 0.254. The van der Waals surface area contributed by atoms with E-state index in [4.69, 9.17) is 4.74 Å². The maximum absolute atomic E-state index is 12.2. The molecule has 1 N–H and O–H groups in total. The Morgan fingerprint density at radius 3 is 2.87 bits per heavy atom. The number of rotatable bonds is 6. The third-order valence-electron chi connectivity index (χ3n) is 3.51. The van der Waals surface area contributed by atoms with Crippen molar-refractivity contribution >= 4 is 11.8 Å². The van der Waals surface area contributed by atoms with Crippen molar-refractivity contribution < 1.29 is 27.4 Å². The van der Waals surface area contributed by atoms with Crippen LogP contribution in [0.15, 0.2) is 6.33 Å². The van der Waals surface area contributed by atoms with E-state index in [1.54, 1.807) is 6.33 Å². The van der Waals surface area contributed by atoms with Gasteiger partial charge in [0.1, 0.15) is 19.3 Å². The highest BCUT2D eigenvalue weighted by molar-refractivity contribution is 5.81. The molecule has 23 heavy (non-hydrogen) atoms. The maximum atomic E-state index is 12.2. The van der Waals surface area contributed by atoms with Crippen molar-refractivity contribution in [3.05, 3.63) is 12.0 Å². The molecule has 1 atom stereocenters. The van der Waals surface area contributed by atoms with Gasteiger partial charge in [-0.2, -0.15) is 13.2 Å². The molecule has 1 aromatic rings. The largest absolute Gasteiger partial charge is 0.462 e. The van der Waals surface area contributed by atoms with E-state index in [1.807, 2.05) is 18.7 Å². The molecule has 6 nitrogen and oxygen atoms in total. The lowest BCUT2D eigenvalue weighted by molar-refractivity contribution is -0.177. The lowest BCUT2D eigenvalue weighted by Crippen LogP contribution is -2.49. The van der Waals surface area contributed by atoms with Crippen molar-refractivity contribution in [2.45, 2.75) is 44.9 Å². The van der Waals surface area contributed by atoms with Crippen LogP contribution in [0, 0.1) is 0 Å². The second-order valence-corrected chi connectivity index (χ2v) is 5.60. The molecule has 9 heteroatoms. The number of anilines is 1. The number of esters is 1. The summed E-state index contributed by atoms with van der Waals surface area (Å²) in [6, 6.07) is -0.454. The van der Waals surface area contributed by atoms with E-state index >= 15 is 0 Å². The first kappa shape index (κ1) is 17.6. The van der Waals surface area contributed by atoms with Crippen molar-refractivity contribution in [2.75, 3.05) is 24.7 Å². The second kappa shape index (κ2) is 7.20. The number of hydrogen-bond donors (Lipinski definition) is 1. The van der Waals surface area contributed by atoms with Gasteiger partial charge < -0.3 is 19.4 Å². The van der Waals surface area contributed by atoms with Crippen molar-refractivity contribution in [1.82, 2.24) is 9.97 Å². The van der Waals surface area contributed by atoms with E-state index in [0.29, 0.717) is 12.8 Å². The molecule has 0 spiro atoms. The number of nitrogens with zero attached hydrogens (tertiary/aromatic N) is 2. The second-order valence-electron chi connectivity index (χ2n) is 5.60. The smallest absolute Gasteiger partial charge is 0.411 e. The summed E-state index contributed by atoms with van der Waals surface area (Å²) in [5.41, 5.74) is 0.969. The van der Waals surface area contributed by atoms with Gasteiger partial charge in [0.2, 0.25) is 0 Å². The summed E-state index contributed by atoms with van der Waals surface area (Å²) in [6.07, 6.45) is -1.56. The van der Waals surface area contributed by atoms with E-state index in [0.717, 1.165) is 11.5 Å². The highest BCUT2D eigenvalue weighted by atomic mass is 19.4. The molecule has 0 saturated carbocycles. The Kier molecular flexibility index (Phi) is 5.51. The van der Waals surface area contributed by atoms with Gasteiger partial charge in [-0.1, -0.05) is 0 Å². The zero-order valence-electron chi connectivity index (χ0n) is 13.0. The Morgan fingerprint density at radius 1 is 1.48 bits per heavy atom. The monoisotopic (exact) mass is 335 g/mol. The van der Waals surface area contributed by atoms with Crippen LogP contribution in [0.1, 0.15) is 26.0 Å². The van der Waals surface area contributed by atoms with Crippen LogP contribution in [0.5, 0.6) is 0 Å². The molecule has 130 valence electrons. The average molecular weight is 335 g/mol. The summed E-state index contributed by atoms with van der Waals surface area (Å²) in [7, 11) is 0. The maximum Gasteiger partial charge on any atom is 0.411 e. The lowest BCUT2D eigenvalue weighted by atomic mass is 10.0. The number of aromatic nitrogens is 2. The van der Waals surface area contributed by atoms with Crippen molar-refractivity contribution in [3.63, 3.8) is 0 Å². The fourth-order valence-electron chi connectivity index (χ4n) is 2.61. The first-order valence-electron chi connectivity index (χ1n) is 7.41. The Morgan fingerprint density at radius 2 is 2.22 bits per heavy atom. The summed E-state index contributed by atoms with van der Waals surface area (Å²) in [5, 5.41) is 0. The minimum absolute atomic E-state index is 0.0383. The molecule has 2 heterocycles. The molecule has 1 aliphatic heterocycles. The van der Waals surface area contributed by atoms with Gasteiger partial charge in [-0.15, -0.1) is 0 Å². The van der Waals surface area contributed by atoms with Crippen LogP contribution in [0.25, 0.3) is 0 Å². The number of alkyl halides is 3. The van der Waals surface area contributed by atoms with E-state index in [-0.39, 0.29) is 19.3 Å². The minimum atomic E-state index is -4.38. The average Bonchev–Trinajstić information content (AvgIpc) is 2.92. The van der Waals surface area contributed by atoms with Crippen LogP contribution in [-0.4, -0.2) is 54.0 Å². The van der Waals surface area contributed by atoms with Gasteiger partial charge in [-0.25, -0.2) is 9.78 Å². The number of imidazole rings is 1. The highest BCUT2D eigenvalue weighted by Crippen LogP contribution is 2.30. The van der Waals surface area contributed by atoms with E-state index in [1.165, 1.54) is 0 Å². The molecule has 0 aliphatic carbocycles. The van der Waals surface area contributed by atoms with Gasteiger partial charge in [0, 0.05) is 6.04 Å². The molecule has 0 radical (unpaired) electrons. The van der Waals surface area contributed by atoms with Crippen molar-refractivity contribution in [2.24, 2.45) is 0 Å². The molecular formula is C14H20F3N3O3. The Hall–Kier alpha value is -1.77. The predicted octanol–water partition coefficient (Wildman–Crippen LogP) is 2.06. The summed E-state index contributed by atoms with van der Waals surface area (Å²) in [6.45, 7) is 2.05. The van der Waals surface area contributed by atoms with Gasteiger partial charge in [-0.3, -0.25) is 0 Å². The minimum Gasteiger partial charge on any atom is -0.462 e. The molecule has 0 fully saturated rings. The predicted molar refractivity (Wildman–Crippen MR) is 76.1 cm³/mol. The quantitative estimate of drug-likeness (QED) is 0.637. The SMILES string of the molecule is CC(C)N1c2nc[nH]c2CCC1C(=O)OCCOCC(F)(F)F. The van der Waals surface area contributed by atoms with Crippen LogP contribution in [0.3, 0.4) is 0 Å². The standard InChI is InChI=1S/C14H20F3N3O3/c1-9(2)20-11(4-3-10-12(20)19-8-18-10)13(21)23-6-5-22-7-14(15,16)17/h8-9,11H,3-7H2,1-2H3,(H,18,19). The van der Waals surface area contributed by atoms with Gasteiger partial charge in [0.25, 0.3) is 0 Å². The number of carbonyl (C=O) groups is 1. The Bertz CT molecular complexity index is 531. The summed E-state index contributed by atoms with van der Waals surface area (Å²) >= 11 is 0. The third-order valence-corrected chi connectivity index (χ3v) is 3.51. The van der Waals surface area contributed by atoms with Gasteiger partial charge in [0.05, 0.1) is 18.6 Å². The molecule has 0 aromatic carbocycles. The lowest BCUT2D eigenvalue weighted by Gasteiger charge is -2.37. The summed E-state index contributed by atoms with van der Waals surface area (Å²) < 4.78 is 45.3. The highest BCUT2D eigenvalue weighted by Gasteiger charge is 2.35. The number of ether oxygens (including phenoxy) is 2. The van der Waals surface area contributed by atoms with Crippen molar-refractivity contribution in [3.8, 4) is 0 Å². The number of hydrogen-bond acceptors (Lipinski definition) is 5. The topological polar surface area (TPSA) is 67.5 Å². The van der Waals surface area contributed by atoms with Crippen LogP contribution in [-0.2, 0) is 20.7 Å². The Balaban J connectivity index is 1.87. The number of halogens is 3. The first-order chi connectivity index (χ1) is 10.8. The number of nitrogens with one attached hydrogen (secondary N) is 1. The first-order valence-corrected chi connectivity index (χ1v) is 7.41. The van der Waals surface area contributed by atoms with Gasteiger partial charge >= 0.3 is 12.1 Å². The normalized spacial score (nSPS) is 18.2. The molecule has 0 bridgehead atoms. The van der Waals surface area contributed by atoms with E-state index in [9.17, 15) is 18.0 Å². The van der Waals surface area contributed by atoms with E-state index < -0.39 is 24.8 Å². The van der Waals surface area contributed by atoms with Crippen LogP contribution in [0.2, 0.25) is 0 Å².